The van der Waals surface area contributed by atoms with Crippen LogP contribution in [0.15, 0.2) is 49.3 Å². The highest BCUT2D eigenvalue weighted by Gasteiger charge is 2.11. The van der Waals surface area contributed by atoms with Gasteiger partial charge in [-0.3, -0.25) is 0 Å². The molecule has 136 valence electrons. The Hall–Kier alpha value is -3.75. The SMILES string of the molecule is Cc1cc(F)c(Nc2ncnc3cc(OCn4cncn4)ccc23)cc1O. The van der Waals surface area contributed by atoms with Crippen LogP contribution < -0.4 is 10.1 Å². The molecular weight excluding hydrogens is 351 g/mol. The van der Waals surface area contributed by atoms with Crippen LogP contribution in [0, 0.1) is 12.7 Å². The summed E-state index contributed by atoms with van der Waals surface area (Å²) in [5.41, 5.74) is 1.21. The summed E-state index contributed by atoms with van der Waals surface area (Å²) in [6.45, 7) is 1.85. The lowest BCUT2D eigenvalue weighted by atomic mass is 10.2. The number of anilines is 2. The van der Waals surface area contributed by atoms with Gasteiger partial charge in [0.1, 0.15) is 42.1 Å². The number of nitrogens with one attached hydrogen (secondary N) is 1. The molecule has 2 N–H and O–H groups in total. The minimum atomic E-state index is -0.482. The number of nitrogens with zero attached hydrogens (tertiary/aromatic N) is 5. The van der Waals surface area contributed by atoms with Crippen molar-refractivity contribution in [3.05, 3.63) is 60.7 Å². The minimum absolute atomic E-state index is 0.000981. The second-order valence-corrected chi connectivity index (χ2v) is 5.85. The molecule has 2 heterocycles. The largest absolute Gasteiger partial charge is 0.508 e. The van der Waals surface area contributed by atoms with Crippen LogP contribution in [0.1, 0.15) is 5.56 Å². The molecule has 0 aliphatic carbocycles. The average Bonchev–Trinajstić information content (AvgIpc) is 3.18. The highest BCUT2D eigenvalue weighted by molar-refractivity contribution is 5.91. The number of phenolic OH excluding ortho intramolecular Hbond substituents is 1. The predicted octanol–water partition coefficient (Wildman–Crippen LogP) is 3.15. The van der Waals surface area contributed by atoms with Crippen molar-refractivity contribution < 1.29 is 14.2 Å². The highest BCUT2D eigenvalue weighted by atomic mass is 19.1. The Morgan fingerprint density at radius 1 is 1.19 bits per heavy atom. The molecule has 0 radical (unpaired) electrons. The van der Waals surface area contributed by atoms with Gasteiger partial charge in [0.2, 0.25) is 0 Å². The van der Waals surface area contributed by atoms with E-state index in [1.807, 2.05) is 0 Å². The van der Waals surface area contributed by atoms with Crippen molar-refractivity contribution >= 4 is 22.4 Å². The quantitative estimate of drug-likeness (QED) is 0.560. The summed E-state index contributed by atoms with van der Waals surface area (Å²) in [7, 11) is 0. The second kappa shape index (κ2) is 6.87. The summed E-state index contributed by atoms with van der Waals surface area (Å²) < 4.78 is 21.4. The van der Waals surface area contributed by atoms with E-state index in [0.717, 1.165) is 0 Å². The molecule has 0 spiro atoms. The van der Waals surface area contributed by atoms with Crippen LogP contribution in [0.25, 0.3) is 10.9 Å². The first-order valence-corrected chi connectivity index (χ1v) is 8.06. The van der Waals surface area contributed by atoms with Crippen LogP contribution in [0.4, 0.5) is 15.9 Å². The first-order chi connectivity index (χ1) is 13.1. The van der Waals surface area contributed by atoms with E-state index in [-0.39, 0.29) is 18.2 Å². The number of rotatable bonds is 5. The van der Waals surface area contributed by atoms with Crippen molar-refractivity contribution in [2.75, 3.05) is 5.32 Å². The lowest BCUT2D eigenvalue weighted by Crippen LogP contribution is -2.05. The van der Waals surface area contributed by atoms with E-state index >= 15 is 0 Å². The van der Waals surface area contributed by atoms with E-state index in [4.69, 9.17) is 4.74 Å². The monoisotopic (exact) mass is 366 g/mol. The van der Waals surface area contributed by atoms with Gasteiger partial charge in [-0.1, -0.05) is 0 Å². The Balaban J connectivity index is 1.61. The van der Waals surface area contributed by atoms with Crippen molar-refractivity contribution in [3.8, 4) is 11.5 Å². The number of phenols is 1. The summed E-state index contributed by atoms with van der Waals surface area (Å²) in [5.74, 6) is 0.540. The second-order valence-electron chi connectivity index (χ2n) is 5.85. The summed E-state index contributed by atoms with van der Waals surface area (Å²) in [6, 6.07) is 7.88. The van der Waals surface area contributed by atoms with Gasteiger partial charge in [-0.15, -0.1) is 0 Å². The lowest BCUT2D eigenvalue weighted by molar-refractivity contribution is 0.221. The fourth-order valence-corrected chi connectivity index (χ4v) is 2.55. The zero-order valence-corrected chi connectivity index (χ0v) is 14.3. The van der Waals surface area contributed by atoms with Gasteiger partial charge < -0.3 is 15.2 Å². The Bertz CT molecular complexity index is 1100. The van der Waals surface area contributed by atoms with E-state index < -0.39 is 5.82 Å². The fourth-order valence-electron chi connectivity index (χ4n) is 2.55. The first-order valence-electron chi connectivity index (χ1n) is 8.06. The van der Waals surface area contributed by atoms with Gasteiger partial charge >= 0.3 is 0 Å². The summed E-state index contributed by atoms with van der Waals surface area (Å²) >= 11 is 0. The van der Waals surface area contributed by atoms with Crippen molar-refractivity contribution in [3.63, 3.8) is 0 Å². The lowest BCUT2D eigenvalue weighted by Gasteiger charge is -2.12. The molecule has 9 heteroatoms. The number of aryl methyl sites for hydroxylation is 1. The molecule has 0 atom stereocenters. The summed E-state index contributed by atoms with van der Waals surface area (Å²) in [5, 5.41) is 17.4. The maximum absolute atomic E-state index is 14.2. The van der Waals surface area contributed by atoms with Gasteiger partial charge in [0.15, 0.2) is 6.73 Å². The maximum atomic E-state index is 14.2. The number of halogens is 1. The van der Waals surface area contributed by atoms with Crippen LogP contribution in [0.5, 0.6) is 11.5 Å². The molecule has 2 aromatic carbocycles. The van der Waals surface area contributed by atoms with Gasteiger partial charge in [-0.2, -0.15) is 5.10 Å². The van der Waals surface area contributed by atoms with Crippen LogP contribution >= 0.6 is 0 Å². The van der Waals surface area contributed by atoms with Crippen molar-refractivity contribution in [1.82, 2.24) is 24.7 Å². The third kappa shape index (κ3) is 3.47. The molecule has 2 aromatic heterocycles. The molecule has 27 heavy (non-hydrogen) atoms. The van der Waals surface area contributed by atoms with Crippen LogP contribution in [-0.2, 0) is 6.73 Å². The highest BCUT2D eigenvalue weighted by Crippen LogP contribution is 2.30. The van der Waals surface area contributed by atoms with Gasteiger partial charge in [0, 0.05) is 17.5 Å². The molecule has 0 fully saturated rings. The molecule has 0 saturated carbocycles. The molecule has 0 bridgehead atoms. The van der Waals surface area contributed by atoms with E-state index in [1.165, 1.54) is 24.8 Å². The molecular formula is C18H15FN6O2. The maximum Gasteiger partial charge on any atom is 0.182 e. The third-order valence-corrected chi connectivity index (χ3v) is 3.98. The van der Waals surface area contributed by atoms with E-state index in [9.17, 15) is 9.50 Å². The van der Waals surface area contributed by atoms with Crippen molar-refractivity contribution in [1.29, 1.82) is 0 Å². The molecule has 0 amide bonds. The van der Waals surface area contributed by atoms with E-state index in [1.54, 1.807) is 36.1 Å². The standard InChI is InChI=1S/C18H15FN6O2/c1-11-4-14(19)16(6-17(11)26)24-18-13-3-2-12(5-15(13)21-8-22-18)27-10-25-9-20-7-23-25/h2-9,26H,10H2,1H3,(H,21,22,24). The van der Waals surface area contributed by atoms with Gasteiger partial charge in [0.05, 0.1) is 11.2 Å². The van der Waals surface area contributed by atoms with Crippen LogP contribution in [0.3, 0.4) is 0 Å². The first kappa shape index (κ1) is 16.7. The number of hydrogen-bond acceptors (Lipinski definition) is 7. The normalized spacial score (nSPS) is 10.9. The van der Waals surface area contributed by atoms with Crippen molar-refractivity contribution in [2.24, 2.45) is 0 Å². The molecule has 4 aromatic rings. The van der Waals surface area contributed by atoms with Gasteiger partial charge in [0.25, 0.3) is 0 Å². The average molecular weight is 366 g/mol. The molecule has 0 unspecified atom stereocenters. The number of ether oxygens (including phenoxy) is 1. The zero-order chi connectivity index (χ0) is 18.8. The summed E-state index contributed by atoms with van der Waals surface area (Å²) in [4.78, 5) is 12.3. The van der Waals surface area contributed by atoms with Crippen LogP contribution in [0.2, 0.25) is 0 Å². The predicted molar refractivity (Wildman–Crippen MR) is 96.3 cm³/mol. The Labute approximate surface area is 153 Å². The number of aromatic hydroxyl groups is 1. The number of aromatic nitrogens is 5. The van der Waals surface area contributed by atoms with Gasteiger partial charge in [-0.05, 0) is 30.7 Å². The van der Waals surface area contributed by atoms with E-state index in [0.29, 0.717) is 28.0 Å². The fraction of sp³-hybridized carbons (Fsp3) is 0.111. The molecule has 0 aliphatic heterocycles. The smallest absolute Gasteiger partial charge is 0.182 e. The number of benzene rings is 2. The molecule has 0 aliphatic rings. The summed E-state index contributed by atoms with van der Waals surface area (Å²) in [6.07, 6.45) is 4.35. The Morgan fingerprint density at radius 3 is 2.89 bits per heavy atom. The molecule has 4 rings (SSSR count). The Kier molecular flexibility index (Phi) is 4.25. The molecule has 0 saturated heterocycles. The zero-order valence-electron chi connectivity index (χ0n) is 14.3. The number of hydrogen-bond donors (Lipinski definition) is 2. The molecule has 8 nitrogen and oxygen atoms in total. The third-order valence-electron chi connectivity index (χ3n) is 3.98. The minimum Gasteiger partial charge on any atom is -0.508 e. The Morgan fingerprint density at radius 2 is 2.07 bits per heavy atom. The van der Waals surface area contributed by atoms with Gasteiger partial charge in [-0.25, -0.2) is 24.0 Å². The van der Waals surface area contributed by atoms with Crippen LogP contribution in [-0.4, -0.2) is 29.8 Å². The van der Waals surface area contributed by atoms with E-state index in [2.05, 4.69) is 25.4 Å². The number of fused-ring (bicyclic) bond motifs is 1. The topological polar surface area (TPSA) is 98.0 Å². The van der Waals surface area contributed by atoms with Crippen molar-refractivity contribution in [2.45, 2.75) is 13.7 Å².